The van der Waals surface area contributed by atoms with E-state index in [9.17, 15) is 4.79 Å². The molecule has 0 rings (SSSR count). The van der Waals surface area contributed by atoms with Crippen LogP contribution in [-0.4, -0.2) is 42.7 Å². The highest BCUT2D eigenvalue weighted by Gasteiger charge is 2.15. The third kappa shape index (κ3) is 5.02. The van der Waals surface area contributed by atoms with Gasteiger partial charge in [0.05, 0.1) is 0 Å². The van der Waals surface area contributed by atoms with Crippen molar-refractivity contribution in [2.45, 2.75) is 40.5 Å². The third-order valence-corrected chi connectivity index (χ3v) is 2.34. The second-order valence-corrected chi connectivity index (χ2v) is 4.66. The van der Waals surface area contributed by atoms with Crippen LogP contribution in [0.5, 0.6) is 0 Å². The first-order valence-electron chi connectivity index (χ1n) is 5.97. The van der Waals surface area contributed by atoms with Crippen LogP contribution in [0.3, 0.4) is 0 Å². The van der Waals surface area contributed by atoms with Crippen LogP contribution in [0.2, 0.25) is 0 Å². The van der Waals surface area contributed by atoms with Crippen molar-refractivity contribution in [2.24, 2.45) is 4.99 Å². The number of nitrogens with zero attached hydrogens (tertiary/aromatic N) is 3. The number of carbonyl (C=O) groups is 1. The molecule has 0 bridgehead atoms. The number of hydrogen-bond donors (Lipinski definition) is 0. The van der Waals surface area contributed by atoms with Crippen LogP contribution in [-0.2, 0) is 0 Å². The summed E-state index contributed by atoms with van der Waals surface area (Å²) in [6, 6.07) is -0.0609. The van der Waals surface area contributed by atoms with E-state index in [1.807, 2.05) is 20.8 Å². The Morgan fingerprint density at radius 2 is 1.65 bits per heavy atom. The maximum Gasteiger partial charge on any atom is 0.324 e. The van der Waals surface area contributed by atoms with Gasteiger partial charge in [-0.3, -0.25) is 4.90 Å². The van der Waals surface area contributed by atoms with Crippen LogP contribution < -0.4 is 0 Å². The largest absolute Gasteiger partial charge is 0.330 e. The van der Waals surface area contributed by atoms with Crippen LogP contribution in [0, 0.1) is 0 Å². The number of aliphatic imine (C=N–C) groups is 1. The lowest BCUT2D eigenvalue weighted by atomic mass is 10.2. The molecule has 0 atom stereocenters. The van der Waals surface area contributed by atoms with Crippen molar-refractivity contribution >= 4 is 11.7 Å². The fourth-order valence-corrected chi connectivity index (χ4v) is 1.51. The monoisotopic (exact) mass is 239 g/mol. The molecule has 0 radical (unpaired) electrons. The summed E-state index contributed by atoms with van der Waals surface area (Å²) >= 11 is 0. The quantitative estimate of drug-likeness (QED) is 0.694. The van der Waals surface area contributed by atoms with E-state index in [1.54, 1.807) is 30.9 Å². The maximum absolute atomic E-state index is 11.9. The molecule has 0 saturated carbocycles. The molecule has 17 heavy (non-hydrogen) atoms. The molecule has 0 aliphatic rings. The number of carbonyl (C=O) groups excluding carboxylic acids is 1. The lowest BCUT2D eigenvalue weighted by Gasteiger charge is -2.23. The second-order valence-electron chi connectivity index (χ2n) is 4.66. The van der Waals surface area contributed by atoms with E-state index >= 15 is 0 Å². The van der Waals surface area contributed by atoms with E-state index in [0.29, 0.717) is 0 Å². The highest BCUT2D eigenvalue weighted by Crippen LogP contribution is 2.13. The fraction of sp³-hybridized carbons (Fsp3) is 0.692. The first-order chi connectivity index (χ1) is 7.81. The minimum atomic E-state index is -0.0609. The average Bonchev–Trinajstić information content (AvgIpc) is 2.23. The van der Waals surface area contributed by atoms with Gasteiger partial charge in [0.1, 0.15) is 5.82 Å². The molecule has 0 saturated heterocycles. The molecular formula is C13H25N3O. The van der Waals surface area contributed by atoms with Gasteiger partial charge in [0, 0.05) is 26.9 Å². The van der Waals surface area contributed by atoms with Crippen molar-refractivity contribution < 1.29 is 4.79 Å². The lowest BCUT2D eigenvalue weighted by Crippen LogP contribution is -2.35. The Hall–Kier alpha value is -1.32. The molecule has 4 heteroatoms. The molecule has 0 spiro atoms. The number of allylic oxidation sites excluding steroid dienone is 1. The van der Waals surface area contributed by atoms with Gasteiger partial charge >= 0.3 is 6.03 Å². The molecule has 0 aromatic heterocycles. The highest BCUT2D eigenvalue weighted by atomic mass is 16.2. The molecule has 0 aromatic rings. The number of hydrogen-bond acceptors (Lipinski definition) is 2. The molecule has 0 fully saturated rings. The summed E-state index contributed by atoms with van der Waals surface area (Å²) in [6.07, 6.45) is 2.03. The van der Waals surface area contributed by atoms with Crippen LogP contribution in [0.1, 0.15) is 40.5 Å². The van der Waals surface area contributed by atoms with Crippen molar-refractivity contribution in [2.75, 3.05) is 21.1 Å². The van der Waals surface area contributed by atoms with Gasteiger partial charge in [0.25, 0.3) is 0 Å². The fourth-order valence-electron chi connectivity index (χ4n) is 1.51. The maximum atomic E-state index is 11.9. The zero-order valence-corrected chi connectivity index (χ0v) is 12.2. The van der Waals surface area contributed by atoms with E-state index in [4.69, 9.17) is 0 Å². The van der Waals surface area contributed by atoms with Crippen LogP contribution >= 0.6 is 0 Å². The number of amides is 2. The average molecular weight is 239 g/mol. The number of rotatable bonds is 4. The van der Waals surface area contributed by atoms with Crippen molar-refractivity contribution in [3.63, 3.8) is 0 Å². The first kappa shape index (κ1) is 15.7. The normalized spacial score (nSPS) is 11.1. The van der Waals surface area contributed by atoms with E-state index < -0.39 is 0 Å². The predicted molar refractivity (Wildman–Crippen MR) is 73.2 cm³/mol. The van der Waals surface area contributed by atoms with E-state index in [1.165, 1.54) is 0 Å². The summed E-state index contributed by atoms with van der Waals surface area (Å²) in [7, 11) is 5.24. The smallest absolute Gasteiger partial charge is 0.324 e. The molecule has 4 nitrogen and oxygen atoms in total. The van der Waals surface area contributed by atoms with Gasteiger partial charge in [-0.15, -0.1) is 0 Å². The van der Waals surface area contributed by atoms with E-state index in [0.717, 1.165) is 29.9 Å². The SMILES string of the molecule is CCC/C(C)=N/C(=C(C)C)N(C)C(=O)N(C)C. The first-order valence-corrected chi connectivity index (χ1v) is 5.97. The summed E-state index contributed by atoms with van der Waals surface area (Å²) in [6.45, 7) is 8.06. The van der Waals surface area contributed by atoms with Gasteiger partial charge in [-0.25, -0.2) is 9.79 Å². The summed E-state index contributed by atoms with van der Waals surface area (Å²) in [5.74, 6) is 0.745. The Morgan fingerprint density at radius 3 is 2.00 bits per heavy atom. The zero-order chi connectivity index (χ0) is 13.6. The zero-order valence-electron chi connectivity index (χ0n) is 12.2. The van der Waals surface area contributed by atoms with Crippen molar-refractivity contribution in [3.05, 3.63) is 11.4 Å². The summed E-state index contributed by atoms with van der Waals surface area (Å²) in [4.78, 5) is 19.6. The predicted octanol–water partition coefficient (Wildman–Crippen LogP) is 3.11. The second kappa shape index (κ2) is 7.09. The van der Waals surface area contributed by atoms with Crippen LogP contribution in [0.15, 0.2) is 16.4 Å². The molecule has 0 aliphatic heterocycles. The lowest BCUT2D eigenvalue weighted by molar-refractivity contribution is 0.192. The molecule has 0 aromatic carbocycles. The Kier molecular flexibility index (Phi) is 6.54. The minimum absolute atomic E-state index is 0.0609. The van der Waals surface area contributed by atoms with Gasteiger partial charge < -0.3 is 4.90 Å². The molecule has 0 N–H and O–H groups in total. The Morgan fingerprint density at radius 1 is 1.12 bits per heavy atom. The molecular weight excluding hydrogens is 214 g/mol. The van der Waals surface area contributed by atoms with Gasteiger partial charge in [0.15, 0.2) is 0 Å². The highest BCUT2D eigenvalue weighted by molar-refractivity contribution is 5.84. The third-order valence-electron chi connectivity index (χ3n) is 2.34. The molecule has 0 aliphatic carbocycles. The summed E-state index contributed by atoms with van der Waals surface area (Å²) in [5.41, 5.74) is 2.10. The summed E-state index contributed by atoms with van der Waals surface area (Å²) in [5, 5.41) is 0. The topological polar surface area (TPSA) is 35.9 Å². The minimum Gasteiger partial charge on any atom is -0.330 e. The van der Waals surface area contributed by atoms with Crippen LogP contribution in [0.4, 0.5) is 4.79 Å². The van der Waals surface area contributed by atoms with E-state index in [-0.39, 0.29) is 6.03 Å². The Labute approximate surface area is 105 Å². The van der Waals surface area contributed by atoms with Crippen molar-refractivity contribution in [1.29, 1.82) is 0 Å². The van der Waals surface area contributed by atoms with Gasteiger partial charge in [0.2, 0.25) is 0 Å². The van der Waals surface area contributed by atoms with Gasteiger partial charge in [-0.1, -0.05) is 13.3 Å². The van der Waals surface area contributed by atoms with Crippen molar-refractivity contribution in [3.8, 4) is 0 Å². The van der Waals surface area contributed by atoms with Gasteiger partial charge in [-0.05, 0) is 32.8 Å². The van der Waals surface area contributed by atoms with Crippen LogP contribution in [0.25, 0.3) is 0 Å². The van der Waals surface area contributed by atoms with Gasteiger partial charge in [-0.2, -0.15) is 0 Å². The summed E-state index contributed by atoms with van der Waals surface area (Å²) < 4.78 is 0. The standard InChI is InChI=1S/C13H25N3O/c1-8-9-11(4)14-12(10(2)3)16(7)13(17)15(5)6/h8-9H2,1-7H3/b14-11+. The number of urea groups is 1. The molecule has 0 unspecified atom stereocenters. The molecule has 98 valence electrons. The molecule has 2 amide bonds. The van der Waals surface area contributed by atoms with E-state index in [2.05, 4.69) is 11.9 Å². The Bertz CT molecular complexity index is 326. The Balaban J connectivity index is 5.09. The molecule has 0 heterocycles. The van der Waals surface area contributed by atoms with Crippen molar-refractivity contribution in [1.82, 2.24) is 9.80 Å².